The zero-order valence-corrected chi connectivity index (χ0v) is 17.5. The van der Waals surface area contributed by atoms with Crippen LogP contribution >= 0.6 is 35.0 Å². The highest BCUT2D eigenvalue weighted by Crippen LogP contribution is 2.32. The number of benzene rings is 2. The van der Waals surface area contributed by atoms with Crippen LogP contribution in [-0.2, 0) is 17.9 Å². The van der Waals surface area contributed by atoms with Crippen LogP contribution in [0.5, 0.6) is 0 Å². The van der Waals surface area contributed by atoms with E-state index < -0.39 is 11.0 Å². The van der Waals surface area contributed by atoms with Crippen LogP contribution < -0.4 is 0 Å². The predicted octanol–water partition coefficient (Wildman–Crippen LogP) is 5.92. The zero-order valence-electron chi connectivity index (χ0n) is 15.2. The maximum atomic E-state index is 13.1. The number of nitro groups is 1. The summed E-state index contributed by atoms with van der Waals surface area (Å²) in [6.07, 6.45) is 2.61. The molecule has 0 aliphatic rings. The first kappa shape index (κ1) is 21.6. The lowest BCUT2D eigenvalue weighted by atomic mass is 10.1. The molecule has 0 N–H and O–H groups in total. The van der Waals surface area contributed by atoms with Gasteiger partial charge in [0.15, 0.2) is 0 Å². The molecule has 29 heavy (non-hydrogen) atoms. The Hall–Kier alpha value is -2.13. The van der Waals surface area contributed by atoms with E-state index >= 15 is 0 Å². The lowest BCUT2D eigenvalue weighted by Gasteiger charge is -2.20. The first-order chi connectivity index (χ1) is 13.9. The van der Waals surface area contributed by atoms with Gasteiger partial charge in [0, 0.05) is 15.6 Å². The van der Waals surface area contributed by atoms with Crippen LogP contribution in [0.3, 0.4) is 0 Å². The monoisotopic (exact) mass is 455 g/mol. The highest BCUT2D eigenvalue weighted by Gasteiger charge is 2.23. The molecule has 0 aliphatic carbocycles. The van der Waals surface area contributed by atoms with Gasteiger partial charge in [0.25, 0.3) is 5.16 Å². The first-order valence-corrected chi connectivity index (χ1v) is 10.4. The Morgan fingerprint density at radius 1 is 1.28 bits per heavy atom. The number of hydrogen-bond acceptors (Lipinski definition) is 5. The third kappa shape index (κ3) is 5.48. The van der Waals surface area contributed by atoms with Crippen molar-refractivity contribution in [1.82, 2.24) is 9.55 Å². The quantitative estimate of drug-likeness (QED) is 0.239. The molecule has 1 unspecified atom stereocenters. The topological polar surface area (TPSA) is 70.2 Å². The van der Waals surface area contributed by atoms with Gasteiger partial charge in [-0.25, -0.2) is 4.39 Å². The molecule has 0 amide bonds. The Morgan fingerprint density at radius 2 is 2.00 bits per heavy atom. The molecule has 0 aliphatic heterocycles. The molecule has 3 aromatic rings. The van der Waals surface area contributed by atoms with Crippen molar-refractivity contribution in [3.05, 3.63) is 85.8 Å². The molecule has 0 saturated heterocycles. The second-order valence-corrected chi connectivity index (χ2v) is 7.70. The van der Waals surface area contributed by atoms with Crippen molar-refractivity contribution in [3.8, 4) is 0 Å². The van der Waals surface area contributed by atoms with E-state index in [2.05, 4.69) is 4.98 Å². The average Bonchev–Trinajstić information content (AvgIpc) is 3.10. The van der Waals surface area contributed by atoms with Gasteiger partial charge in [-0.15, -0.1) is 0 Å². The lowest BCUT2D eigenvalue weighted by Crippen LogP contribution is -2.14. The minimum Gasteiger partial charge on any atom is -0.367 e. The molecule has 0 spiro atoms. The minimum absolute atomic E-state index is 0.204. The van der Waals surface area contributed by atoms with E-state index in [1.54, 1.807) is 41.2 Å². The lowest BCUT2D eigenvalue weighted by molar-refractivity contribution is -0.389. The van der Waals surface area contributed by atoms with Crippen LogP contribution in [0.15, 0.2) is 53.8 Å². The van der Waals surface area contributed by atoms with Crippen LogP contribution in [0.2, 0.25) is 10.0 Å². The fraction of sp³-hybridized carbons (Fsp3) is 0.211. The molecule has 3 rings (SSSR count). The maximum Gasteiger partial charge on any atom is 0.382 e. The maximum absolute atomic E-state index is 13.1. The molecule has 0 saturated carbocycles. The van der Waals surface area contributed by atoms with Crippen molar-refractivity contribution in [3.63, 3.8) is 0 Å². The third-order valence-electron chi connectivity index (χ3n) is 4.13. The van der Waals surface area contributed by atoms with Crippen LogP contribution in [0.1, 0.15) is 17.2 Å². The van der Waals surface area contributed by atoms with Gasteiger partial charge in [-0.2, -0.15) is 0 Å². The number of thioether (sulfide) groups is 1. The van der Waals surface area contributed by atoms with Crippen molar-refractivity contribution in [2.45, 2.75) is 24.4 Å². The van der Waals surface area contributed by atoms with E-state index in [1.165, 1.54) is 30.1 Å². The van der Waals surface area contributed by atoms with E-state index in [9.17, 15) is 14.5 Å². The normalized spacial score (nSPS) is 12.1. The van der Waals surface area contributed by atoms with Gasteiger partial charge in [0.05, 0.1) is 13.2 Å². The summed E-state index contributed by atoms with van der Waals surface area (Å²) in [5.41, 5.74) is 1.46. The van der Waals surface area contributed by atoms with E-state index in [1.807, 2.05) is 0 Å². The molecule has 152 valence electrons. The van der Waals surface area contributed by atoms with Crippen molar-refractivity contribution in [1.29, 1.82) is 0 Å². The third-order valence-corrected chi connectivity index (χ3v) is 5.39. The van der Waals surface area contributed by atoms with E-state index in [4.69, 9.17) is 27.9 Å². The molecule has 1 atom stereocenters. The summed E-state index contributed by atoms with van der Waals surface area (Å²) < 4.78 is 20.9. The van der Waals surface area contributed by atoms with Gasteiger partial charge in [-0.1, -0.05) is 53.2 Å². The standard InChI is InChI=1S/C19H16Cl2FN3O3S/c1-29-19-23-18(25(26)27)10-24(19)9-17(15-7-4-13(20)8-16(15)21)28-11-12-2-5-14(22)6-3-12/h2-8,10,17H,9,11H2,1H3. The Kier molecular flexibility index (Phi) is 7.13. The van der Waals surface area contributed by atoms with Crippen molar-refractivity contribution >= 4 is 40.8 Å². The summed E-state index contributed by atoms with van der Waals surface area (Å²) in [6.45, 7) is 0.453. The molecule has 1 heterocycles. The number of aromatic nitrogens is 2. The van der Waals surface area contributed by atoms with E-state index in [0.29, 0.717) is 20.8 Å². The molecule has 0 bridgehead atoms. The van der Waals surface area contributed by atoms with Gasteiger partial charge in [-0.05, 0) is 46.0 Å². The SMILES string of the molecule is CSc1nc([N+](=O)[O-])cn1CC(OCc1ccc(F)cc1)c1ccc(Cl)cc1Cl. The van der Waals surface area contributed by atoms with Crippen LogP contribution in [-0.4, -0.2) is 20.7 Å². The number of nitrogens with zero attached hydrogens (tertiary/aromatic N) is 3. The van der Waals surface area contributed by atoms with Crippen molar-refractivity contribution in [2.24, 2.45) is 0 Å². The van der Waals surface area contributed by atoms with Gasteiger partial charge >= 0.3 is 5.82 Å². The summed E-state index contributed by atoms with van der Waals surface area (Å²) >= 11 is 13.7. The fourth-order valence-corrected chi connectivity index (χ4v) is 3.80. The summed E-state index contributed by atoms with van der Waals surface area (Å²) in [4.78, 5) is 14.6. The fourth-order valence-electron chi connectivity index (χ4n) is 2.73. The molecule has 1 aromatic heterocycles. The van der Waals surface area contributed by atoms with Crippen molar-refractivity contribution in [2.75, 3.05) is 6.26 Å². The van der Waals surface area contributed by atoms with Gasteiger partial charge < -0.3 is 14.9 Å². The molecular weight excluding hydrogens is 440 g/mol. The summed E-state index contributed by atoms with van der Waals surface area (Å²) in [6, 6.07) is 11.0. The Balaban J connectivity index is 1.90. The first-order valence-electron chi connectivity index (χ1n) is 8.44. The highest BCUT2D eigenvalue weighted by atomic mass is 35.5. The number of hydrogen-bond donors (Lipinski definition) is 0. The van der Waals surface area contributed by atoms with Crippen LogP contribution in [0.25, 0.3) is 0 Å². The highest BCUT2D eigenvalue weighted by molar-refractivity contribution is 7.98. The van der Waals surface area contributed by atoms with Crippen LogP contribution in [0, 0.1) is 15.9 Å². The van der Waals surface area contributed by atoms with Crippen molar-refractivity contribution < 1.29 is 14.1 Å². The van der Waals surface area contributed by atoms with Gasteiger partial charge in [-0.3, -0.25) is 4.57 Å². The number of imidazole rings is 1. The molecular formula is C19H16Cl2FN3O3S. The second-order valence-electron chi connectivity index (χ2n) is 6.09. The largest absolute Gasteiger partial charge is 0.382 e. The molecule has 10 heteroatoms. The second kappa shape index (κ2) is 9.58. The summed E-state index contributed by atoms with van der Waals surface area (Å²) in [7, 11) is 0. The molecule has 0 fully saturated rings. The molecule has 6 nitrogen and oxygen atoms in total. The molecule has 0 radical (unpaired) electrons. The number of halogens is 3. The predicted molar refractivity (Wildman–Crippen MR) is 111 cm³/mol. The van der Waals surface area contributed by atoms with Gasteiger partial charge in [0.2, 0.25) is 0 Å². The summed E-state index contributed by atoms with van der Waals surface area (Å²) in [5, 5.41) is 12.5. The van der Waals surface area contributed by atoms with Crippen LogP contribution in [0.4, 0.5) is 10.2 Å². The number of rotatable bonds is 8. The summed E-state index contributed by atoms with van der Waals surface area (Å²) in [5.74, 6) is -0.574. The smallest absolute Gasteiger partial charge is 0.367 e. The number of ether oxygens (including phenoxy) is 1. The Labute approximate surface area is 180 Å². The van der Waals surface area contributed by atoms with E-state index in [0.717, 1.165) is 5.56 Å². The Bertz CT molecular complexity index is 1010. The molecule has 2 aromatic carbocycles. The van der Waals surface area contributed by atoms with Gasteiger partial charge in [0.1, 0.15) is 18.1 Å². The minimum atomic E-state index is -0.542. The van der Waals surface area contributed by atoms with E-state index in [-0.39, 0.29) is 24.8 Å². The zero-order chi connectivity index (χ0) is 21.0. The average molecular weight is 456 g/mol. The Morgan fingerprint density at radius 3 is 2.62 bits per heavy atom.